The van der Waals surface area contributed by atoms with Crippen LogP contribution in [0.5, 0.6) is 0 Å². The minimum Gasteiger partial charge on any atom is -0.394 e. The maximum atomic E-state index is 12.9. The molecule has 1 fully saturated rings. The maximum Gasteiger partial charge on any atom is 0.317 e. The van der Waals surface area contributed by atoms with Gasteiger partial charge in [-0.2, -0.15) is 0 Å². The van der Waals surface area contributed by atoms with E-state index in [0.29, 0.717) is 39.1 Å². The first-order chi connectivity index (χ1) is 15.4. The van der Waals surface area contributed by atoms with E-state index in [0.717, 1.165) is 31.4 Å². The molecule has 1 aromatic rings. The summed E-state index contributed by atoms with van der Waals surface area (Å²) in [6.07, 6.45) is 6.80. The van der Waals surface area contributed by atoms with Gasteiger partial charge in [0.2, 0.25) is 5.91 Å². The van der Waals surface area contributed by atoms with Gasteiger partial charge in [0.1, 0.15) is 0 Å². The van der Waals surface area contributed by atoms with Crippen molar-refractivity contribution in [2.24, 2.45) is 5.92 Å². The second-order valence-electron chi connectivity index (χ2n) is 9.27. The highest BCUT2D eigenvalue weighted by molar-refractivity contribution is 5.76. The van der Waals surface area contributed by atoms with Crippen molar-refractivity contribution in [2.75, 3.05) is 26.7 Å². The van der Waals surface area contributed by atoms with Crippen molar-refractivity contribution in [2.45, 2.75) is 83.7 Å². The zero-order valence-electron chi connectivity index (χ0n) is 19.6. The summed E-state index contributed by atoms with van der Waals surface area (Å²) in [7, 11) is 1.78. The molecule has 0 radical (unpaired) electrons. The molecule has 0 unspecified atom stereocenters. The first-order valence-corrected chi connectivity index (χ1v) is 11.8. The number of fused-ring (bicyclic) bond motifs is 1. The topological polar surface area (TPSA) is 113 Å². The third kappa shape index (κ3) is 6.41. The van der Waals surface area contributed by atoms with E-state index in [9.17, 15) is 14.7 Å². The number of hydrogen-bond acceptors (Lipinski definition) is 6. The number of carbonyl (C=O) groups is 2. The molecular weight excluding hydrogens is 412 g/mol. The summed E-state index contributed by atoms with van der Waals surface area (Å²) in [5.74, 6) is -0.0369. The van der Waals surface area contributed by atoms with Crippen molar-refractivity contribution in [3.63, 3.8) is 0 Å². The lowest BCUT2D eigenvalue weighted by atomic mass is 10.0. The first-order valence-electron chi connectivity index (χ1n) is 11.8. The minimum atomic E-state index is -0.293. The molecule has 1 aliphatic heterocycles. The number of rotatable bonds is 5. The second kappa shape index (κ2) is 11.6. The molecule has 10 heteroatoms. The Morgan fingerprint density at radius 1 is 1.38 bits per heavy atom. The van der Waals surface area contributed by atoms with Crippen LogP contribution < -0.4 is 5.32 Å². The number of carbonyl (C=O) groups excluding carboxylic acids is 2. The van der Waals surface area contributed by atoms with Gasteiger partial charge in [-0.1, -0.05) is 25.0 Å². The molecule has 0 aromatic carbocycles. The average Bonchev–Trinajstić information content (AvgIpc) is 3.45. The lowest BCUT2D eigenvalue weighted by molar-refractivity contribution is -0.136. The van der Waals surface area contributed by atoms with E-state index in [-0.39, 0.29) is 42.7 Å². The van der Waals surface area contributed by atoms with Crippen molar-refractivity contribution in [3.05, 3.63) is 11.9 Å². The van der Waals surface area contributed by atoms with Crippen LogP contribution in [0.15, 0.2) is 6.20 Å². The molecule has 3 atom stereocenters. The van der Waals surface area contributed by atoms with Crippen LogP contribution in [0.25, 0.3) is 0 Å². The van der Waals surface area contributed by atoms with Gasteiger partial charge < -0.3 is 25.0 Å². The Hall–Kier alpha value is -2.20. The van der Waals surface area contributed by atoms with Gasteiger partial charge in [0.25, 0.3) is 0 Å². The van der Waals surface area contributed by atoms with Crippen molar-refractivity contribution in [1.29, 1.82) is 0 Å². The summed E-state index contributed by atoms with van der Waals surface area (Å²) in [6, 6.07) is -0.125. The highest BCUT2D eigenvalue weighted by Crippen LogP contribution is 2.20. The van der Waals surface area contributed by atoms with Gasteiger partial charge in [-0.15, -0.1) is 5.10 Å². The lowest BCUT2D eigenvalue weighted by Gasteiger charge is -2.35. The summed E-state index contributed by atoms with van der Waals surface area (Å²) in [5, 5.41) is 20.9. The van der Waals surface area contributed by atoms with Crippen molar-refractivity contribution in [3.8, 4) is 0 Å². The zero-order valence-corrected chi connectivity index (χ0v) is 19.6. The molecule has 10 nitrogen and oxygen atoms in total. The average molecular weight is 451 g/mol. The Labute approximate surface area is 190 Å². The van der Waals surface area contributed by atoms with Gasteiger partial charge in [-0.05, 0) is 26.2 Å². The molecule has 0 saturated heterocycles. The minimum absolute atomic E-state index is 0.00622. The second-order valence-corrected chi connectivity index (χ2v) is 9.27. The highest BCUT2D eigenvalue weighted by atomic mass is 16.5. The Morgan fingerprint density at radius 2 is 2.12 bits per heavy atom. The van der Waals surface area contributed by atoms with Crippen LogP contribution in [0, 0.1) is 5.92 Å². The third-order valence-corrected chi connectivity index (χ3v) is 6.62. The van der Waals surface area contributed by atoms with E-state index >= 15 is 0 Å². The molecule has 2 heterocycles. The largest absolute Gasteiger partial charge is 0.394 e. The van der Waals surface area contributed by atoms with E-state index in [1.54, 1.807) is 27.7 Å². The van der Waals surface area contributed by atoms with Crippen molar-refractivity contribution < 1.29 is 19.4 Å². The number of nitrogens with one attached hydrogen (secondary N) is 1. The van der Waals surface area contributed by atoms with Crippen molar-refractivity contribution in [1.82, 2.24) is 30.1 Å². The SMILES string of the molecule is C[C@H](CO)N1C[C@H](C)[C@H](CN(C)C(=O)NC2CCCC2)OCc2cnnn2CCCC1=O. The fraction of sp³-hybridized carbons (Fsp3) is 0.818. The van der Waals surface area contributed by atoms with Crippen LogP contribution in [0.1, 0.15) is 58.1 Å². The Bertz CT molecular complexity index is 751. The number of aliphatic hydroxyl groups is 1. The van der Waals surface area contributed by atoms with Gasteiger partial charge in [0, 0.05) is 45.1 Å². The number of ether oxygens (including phenoxy) is 1. The Kier molecular flexibility index (Phi) is 8.86. The molecule has 1 aromatic heterocycles. The number of nitrogens with zero attached hydrogens (tertiary/aromatic N) is 5. The molecule has 1 aliphatic carbocycles. The van der Waals surface area contributed by atoms with Crippen LogP contribution in [0.3, 0.4) is 0 Å². The first kappa shape index (κ1) is 24.4. The summed E-state index contributed by atoms with van der Waals surface area (Å²) in [5.41, 5.74) is 0.855. The molecule has 3 rings (SSSR count). The standard InChI is InChI=1S/C22H38N6O4/c1-16-12-27(17(2)14-29)21(30)9-6-10-28-19(11-23-25-28)15-32-20(16)13-26(3)22(31)24-18-7-4-5-8-18/h11,16-18,20,29H,4-10,12-15H2,1-3H3,(H,24,31)/t16-,17+,20-/m0/s1. The molecule has 2 aliphatic rings. The maximum absolute atomic E-state index is 12.9. The molecule has 1 saturated carbocycles. The smallest absolute Gasteiger partial charge is 0.317 e. The summed E-state index contributed by atoms with van der Waals surface area (Å²) < 4.78 is 8.05. The quantitative estimate of drug-likeness (QED) is 0.701. The fourth-order valence-electron chi connectivity index (χ4n) is 4.45. The molecule has 0 bridgehead atoms. The Balaban J connectivity index is 1.73. The van der Waals surface area contributed by atoms with Gasteiger partial charge in [0.15, 0.2) is 0 Å². The summed E-state index contributed by atoms with van der Waals surface area (Å²) in [4.78, 5) is 29.0. The van der Waals surface area contributed by atoms with Gasteiger partial charge in [-0.25, -0.2) is 9.48 Å². The normalized spacial score (nSPS) is 24.4. The van der Waals surface area contributed by atoms with Gasteiger partial charge >= 0.3 is 6.03 Å². The van der Waals surface area contributed by atoms with Gasteiger partial charge in [-0.3, -0.25) is 4.79 Å². The van der Waals surface area contributed by atoms with E-state index in [1.807, 2.05) is 13.8 Å². The van der Waals surface area contributed by atoms with Crippen LogP contribution in [-0.4, -0.2) is 86.8 Å². The molecular formula is C22H38N6O4. The molecule has 3 amide bonds. The van der Waals surface area contributed by atoms with Gasteiger partial charge in [0.05, 0.1) is 37.3 Å². The highest BCUT2D eigenvalue weighted by Gasteiger charge is 2.29. The summed E-state index contributed by atoms with van der Waals surface area (Å²) >= 11 is 0. The number of likely N-dealkylation sites (N-methyl/N-ethyl adjacent to an activating group) is 1. The van der Waals surface area contributed by atoms with Crippen LogP contribution in [0.2, 0.25) is 0 Å². The predicted octanol–water partition coefficient (Wildman–Crippen LogP) is 1.39. The predicted molar refractivity (Wildman–Crippen MR) is 119 cm³/mol. The number of aliphatic hydroxyl groups excluding tert-OH is 1. The number of hydrogen-bond donors (Lipinski definition) is 2. The summed E-state index contributed by atoms with van der Waals surface area (Å²) in [6.45, 7) is 5.56. The lowest BCUT2D eigenvalue weighted by Crippen LogP contribution is -2.49. The number of urea groups is 1. The monoisotopic (exact) mass is 450 g/mol. The third-order valence-electron chi connectivity index (χ3n) is 6.62. The Morgan fingerprint density at radius 3 is 2.84 bits per heavy atom. The fourth-order valence-corrected chi connectivity index (χ4v) is 4.45. The molecule has 32 heavy (non-hydrogen) atoms. The van der Waals surface area contributed by atoms with E-state index in [1.165, 1.54) is 0 Å². The molecule has 0 spiro atoms. The zero-order chi connectivity index (χ0) is 23.1. The number of amides is 3. The van der Waals surface area contributed by atoms with Crippen LogP contribution >= 0.6 is 0 Å². The molecule has 2 N–H and O–H groups in total. The van der Waals surface area contributed by atoms with Crippen LogP contribution in [0.4, 0.5) is 4.79 Å². The van der Waals surface area contributed by atoms with Crippen LogP contribution in [-0.2, 0) is 22.7 Å². The van der Waals surface area contributed by atoms with E-state index in [2.05, 4.69) is 15.6 Å². The van der Waals surface area contributed by atoms with E-state index in [4.69, 9.17) is 4.74 Å². The number of aromatic nitrogens is 3. The number of aryl methyl sites for hydroxylation is 1. The van der Waals surface area contributed by atoms with Crippen molar-refractivity contribution >= 4 is 11.9 Å². The van der Waals surface area contributed by atoms with E-state index < -0.39 is 0 Å². The molecule has 180 valence electrons.